The van der Waals surface area contributed by atoms with Gasteiger partial charge < -0.3 is 4.74 Å². The van der Waals surface area contributed by atoms with E-state index in [1.165, 1.54) is 6.92 Å². The summed E-state index contributed by atoms with van der Waals surface area (Å²) in [4.78, 5) is 8.27. The van der Waals surface area contributed by atoms with Gasteiger partial charge in [0.15, 0.2) is 4.33 Å². The maximum absolute atomic E-state index is 10.9. The van der Waals surface area contributed by atoms with Gasteiger partial charge in [-0.05, 0) is 6.42 Å². The zero-order valence-corrected chi connectivity index (χ0v) is 13.6. The molecule has 1 saturated carbocycles. The number of hydrogen-bond donors (Lipinski definition) is 0. The number of ether oxygens (including phenoxy) is 1. The Hall–Kier alpha value is 0.950. The molecule has 0 heterocycles. The van der Waals surface area contributed by atoms with Crippen molar-refractivity contribution in [2.75, 3.05) is 6.61 Å². The normalized spacial score (nSPS) is 41.4. The fourth-order valence-corrected chi connectivity index (χ4v) is 5.25. The average molecular weight is 373 g/mol. The molecule has 18 heavy (non-hydrogen) atoms. The van der Waals surface area contributed by atoms with Crippen LogP contribution in [0.1, 0.15) is 13.3 Å². The summed E-state index contributed by atoms with van der Waals surface area (Å²) in [7, 11) is 0. The summed E-state index contributed by atoms with van der Waals surface area (Å²) >= 11 is 37.5. The predicted molar refractivity (Wildman–Crippen MR) is 75.1 cm³/mol. The Kier molecular flexibility index (Phi) is 3.81. The van der Waals surface area contributed by atoms with Crippen molar-refractivity contribution < 1.29 is 9.53 Å². The summed E-state index contributed by atoms with van der Waals surface area (Å²) < 4.78 is 3.39. The minimum atomic E-state index is -1.55. The Bertz CT molecular complexity index is 448. The number of fused-ring (bicyclic) bond motifs is 2. The zero-order valence-electron chi connectivity index (χ0n) is 9.08. The average Bonchev–Trinajstić information content (AvgIpc) is 2.48. The molecule has 0 aromatic rings. The zero-order chi connectivity index (χ0) is 13.9. The van der Waals surface area contributed by atoms with Crippen molar-refractivity contribution in [1.82, 2.24) is 0 Å². The van der Waals surface area contributed by atoms with E-state index in [0.29, 0.717) is 0 Å². The molecule has 0 amide bonds. The van der Waals surface area contributed by atoms with Crippen molar-refractivity contribution in [2.45, 2.75) is 27.4 Å². The van der Waals surface area contributed by atoms with Crippen molar-refractivity contribution in [2.24, 2.45) is 5.92 Å². The molecule has 0 N–H and O–H groups in total. The number of allylic oxidation sites excluding steroid dienone is 2. The first-order valence-corrected chi connectivity index (χ1v) is 7.31. The van der Waals surface area contributed by atoms with Crippen molar-refractivity contribution in [3.8, 4) is 0 Å². The highest BCUT2D eigenvalue weighted by Gasteiger charge is 2.78. The molecular formula is C10H8Cl6O2. The van der Waals surface area contributed by atoms with Gasteiger partial charge in [-0.1, -0.05) is 46.4 Å². The number of carbonyl (C=O) groups is 1. The van der Waals surface area contributed by atoms with Crippen molar-refractivity contribution in [1.29, 1.82) is 0 Å². The van der Waals surface area contributed by atoms with E-state index in [0.717, 1.165) is 0 Å². The first-order valence-electron chi connectivity index (χ1n) is 5.04. The Labute approximate surface area is 134 Å². The lowest BCUT2D eigenvalue weighted by Crippen LogP contribution is -2.45. The second kappa shape index (κ2) is 4.47. The molecule has 2 bridgehead atoms. The van der Waals surface area contributed by atoms with Gasteiger partial charge in [-0.3, -0.25) is 4.79 Å². The van der Waals surface area contributed by atoms with Crippen molar-refractivity contribution in [3.05, 3.63) is 10.1 Å². The van der Waals surface area contributed by atoms with Gasteiger partial charge in [0.05, 0.1) is 16.7 Å². The smallest absolute Gasteiger partial charge is 0.302 e. The number of alkyl halides is 4. The van der Waals surface area contributed by atoms with E-state index in [2.05, 4.69) is 0 Å². The van der Waals surface area contributed by atoms with Crippen LogP contribution in [0.3, 0.4) is 0 Å². The van der Waals surface area contributed by atoms with Gasteiger partial charge in [-0.15, -0.1) is 23.2 Å². The summed E-state index contributed by atoms with van der Waals surface area (Å²) in [5.74, 6) is -0.826. The van der Waals surface area contributed by atoms with Crippen LogP contribution in [0.4, 0.5) is 0 Å². The third-order valence-electron chi connectivity index (χ3n) is 3.39. The molecule has 3 atom stereocenters. The highest BCUT2D eigenvalue weighted by Crippen LogP contribution is 2.74. The van der Waals surface area contributed by atoms with Gasteiger partial charge in [0.2, 0.25) is 0 Å². The summed E-state index contributed by atoms with van der Waals surface area (Å²) in [6, 6.07) is 0. The van der Waals surface area contributed by atoms with Crippen LogP contribution in [0.25, 0.3) is 0 Å². The Morgan fingerprint density at radius 1 is 1.28 bits per heavy atom. The fourth-order valence-electron chi connectivity index (χ4n) is 2.42. The first kappa shape index (κ1) is 15.3. The maximum atomic E-state index is 10.9. The molecule has 102 valence electrons. The van der Waals surface area contributed by atoms with Crippen LogP contribution in [-0.2, 0) is 9.53 Å². The lowest BCUT2D eigenvalue weighted by Gasteiger charge is -2.33. The molecule has 0 unspecified atom stereocenters. The fraction of sp³-hybridized carbons (Fsp3) is 0.700. The van der Waals surface area contributed by atoms with Crippen molar-refractivity contribution in [3.63, 3.8) is 0 Å². The molecule has 2 aliphatic carbocycles. The largest absolute Gasteiger partial charge is 0.465 e. The van der Waals surface area contributed by atoms with Gasteiger partial charge in [-0.25, -0.2) is 0 Å². The van der Waals surface area contributed by atoms with Gasteiger partial charge in [0, 0.05) is 12.8 Å². The number of rotatable bonds is 2. The summed E-state index contributed by atoms with van der Waals surface area (Å²) in [6.07, 6.45) is 0.285. The number of halogens is 6. The molecule has 0 spiro atoms. The van der Waals surface area contributed by atoms with Gasteiger partial charge in [0.1, 0.15) is 9.75 Å². The highest BCUT2D eigenvalue weighted by atomic mass is 35.5. The highest BCUT2D eigenvalue weighted by molar-refractivity contribution is 6.65. The molecule has 0 saturated heterocycles. The predicted octanol–water partition coefficient (Wildman–Crippen LogP) is 4.40. The monoisotopic (exact) mass is 370 g/mol. The molecule has 0 radical (unpaired) electrons. The summed E-state index contributed by atoms with van der Waals surface area (Å²) in [5, 5.41) is 0.277. The van der Waals surface area contributed by atoms with Gasteiger partial charge >= 0.3 is 5.97 Å². The Morgan fingerprint density at radius 3 is 2.22 bits per heavy atom. The molecule has 0 aromatic carbocycles. The standard InChI is InChI=1S/C10H8Cl6O2/c1-4(17)18-3-5-2-8(13)6(11)7(12)9(5,14)10(8,15)16/h5H,2-3H2,1H3/t5-,8-,9+/m0/s1. The third kappa shape index (κ3) is 1.66. The minimum Gasteiger partial charge on any atom is -0.465 e. The van der Waals surface area contributed by atoms with Crippen LogP contribution in [0.2, 0.25) is 0 Å². The van der Waals surface area contributed by atoms with E-state index in [9.17, 15) is 4.79 Å². The molecular weight excluding hydrogens is 365 g/mol. The van der Waals surface area contributed by atoms with E-state index in [-0.39, 0.29) is 23.1 Å². The van der Waals surface area contributed by atoms with E-state index in [1.54, 1.807) is 0 Å². The molecule has 2 rings (SSSR count). The van der Waals surface area contributed by atoms with E-state index < -0.39 is 26.0 Å². The topological polar surface area (TPSA) is 26.3 Å². The van der Waals surface area contributed by atoms with Crippen LogP contribution in [0.15, 0.2) is 10.1 Å². The molecule has 2 nitrogen and oxygen atoms in total. The Morgan fingerprint density at radius 2 is 1.83 bits per heavy atom. The lowest BCUT2D eigenvalue weighted by atomic mass is 9.93. The quantitative estimate of drug-likeness (QED) is 0.530. The number of carbonyl (C=O) groups excluding carboxylic acids is 1. The van der Waals surface area contributed by atoms with Crippen LogP contribution in [-0.4, -0.2) is 26.7 Å². The van der Waals surface area contributed by atoms with E-state index >= 15 is 0 Å². The number of esters is 1. The molecule has 2 aliphatic rings. The maximum Gasteiger partial charge on any atom is 0.302 e. The SMILES string of the molecule is CC(=O)OC[C@@H]1C[C@]2(Cl)C(Cl)=C(Cl)[C@@]1(Cl)C2(Cl)Cl. The van der Waals surface area contributed by atoms with Crippen LogP contribution < -0.4 is 0 Å². The third-order valence-corrected chi connectivity index (χ3v) is 7.72. The van der Waals surface area contributed by atoms with Crippen LogP contribution in [0.5, 0.6) is 0 Å². The van der Waals surface area contributed by atoms with Crippen LogP contribution in [0, 0.1) is 5.92 Å². The van der Waals surface area contributed by atoms with Crippen LogP contribution >= 0.6 is 69.6 Å². The van der Waals surface area contributed by atoms with Gasteiger partial charge in [0.25, 0.3) is 0 Å². The number of hydrogen-bond acceptors (Lipinski definition) is 2. The van der Waals surface area contributed by atoms with E-state index in [1.807, 2.05) is 0 Å². The van der Waals surface area contributed by atoms with Crippen molar-refractivity contribution >= 4 is 75.6 Å². The first-order chi connectivity index (χ1) is 8.09. The molecule has 0 aromatic heterocycles. The Balaban J connectivity index is 2.40. The molecule has 1 fully saturated rings. The molecule has 8 heteroatoms. The summed E-state index contributed by atoms with van der Waals surface area (Å²) in [5.41, 5.74) is 0. The van der Waals surface area contributed by atoms with E-state index in [4.69, 9.17) is 74.3 Å². The second-order valence-corrected chi connectivity index (χ2v) is 7.74. The lowest BCUT2D eigenvalue weighted by molar-refractivity contribution is -0.142. The van der Waals surface area contributed by atoms with Gasteiger partial charge in [-0.2, -0.15) is 0 Å². The second-order valence-electron chi connectivity index (χ2n) is 4.42. The summed E-state index contributed by atoms with van der Waals surface area (Å²) in [6.45, 7) is 1.33. The molecule has 0 aliphatic heterocycles. The minimum absolute atomic E-state index is 0.0366.